The van der Waals surface area contributed by atoms with Gasteiger partial charge in [-0.05, 0) is 31.5 Å². The predicted molar refractivity (Wildman–Crippen MR) is 95.5 cm³/mol. The highest BCUT2D eigenvalue weighted by molar-refractivity contribution is 5.55. The molecule has 3 aromatic rings. The molecule has 1 aliphatic heterocycles. The van der Waals surface area contributed by atoms with Crippen LogP contribution in [0.1, 0.15) is 23.7 Å². The van der Waals surface area contributed by atoms with E-state index in [1.165, 1.54) is 12.1 Å². The summed E-state index contributed by atoms with van der Waals surface area (Å²) in [5.74, 6) is -0.0870. The Morgan fingerprint density at radius 1 is 1.15 bits per heavy atom. The molecule has 1 aromatic carbocycles. The van der Waals surface area contributed by atoms with Crippen LogP contribution in [-0.4, -0.2) is 32.5 Å². The van der Waals surface area contributed by atoms with Crippen molar-refractivity contribution in [2.75, 3.05) is 13.1 Å². The van der Waals surface area contributed by atoms with Gasteiger partial charge in [-0.2, -0.15) is 0 Å². The molecule has 6 heteroatoms. The van der Waals surface area contributed by atoms with E-state index in [9.17, 15) is 8.78 Å². The molecule has 0 spiro atoms. The lowest BCUT2D eigenvalue weighted by Crippen LogP contribution is -2.22. The lowest BCUT2D eigenvalue weighted by atomic mass is 10.2. The van der Waals surface area contributed by atoms with Crippen LogP contribution in [0.4, 0.5) is 8.78 Å². The monoisotopic (exact) mass is 354 g/mol. The van der Waals surface area contributed by atoms with Crippen molar-refractivity contribution in [1.82, 2.24) is 19.4 Å². The summed E-state index contributed by atoms with van der Waals surface area (Å²) in [6, 6.07) is 7.99. The van der Waals surface area contributed by atoms with E-state index in [1.807, 2.05) is 18.3 Å². The number of hydrogen-bond acceptors (Lipinski definition) is 3. The first kappa shape index (κ1) is 16.8. The average molecular weight is 354 g/mol. The Morgan fingerprint density at radius 3 is 2.73 bits per heavy atom. The van der Waals surface area contributed by atoms with Gasteiger partial charge >= 0.3 is 0 Å². The number of nitrogens with zero attached hydrogens (tertiary/aromatic N) is 4. The molecule has 0 N–H and O–H groups in total. The van der Waals surface area contributed by atoms with Crippen molar-refractivity contribution in [3.8, 4) is 11.4 Å². The molecule has 1 fully saturated rings. The van der Waals surface area contributed by atoms with E-state index < -0.39 is 11.6 Å². The van der Waals surface area contributed by atoms with Crippen LogP contribution < -0.4 is 0 Å². The van der Waals surface area contributed by atoms with E-state index in [1.54, 1.807) is 12.4 Å². The molecular formula is C20H20F2N4. The van der Waals surface area contributed by atoms with E-state index in [4.69, 9.17) is 0 Å². The number of likely N-dealkylation sites (tertiary alicyclic amines) is 1. The van der Waals surface area contributed by atoms with Crippen molar-refractivity contribution >= 4 is 0 Å². The molecule has 1 atom stereocenters. The second kappa shape index (κ2) is 6.96. The zero-order chi connectivity index (χ0) is 18.1. The highest BCUT2D eigenvalue weighted by atomic mass is 19.1. The second-order valence-electron chi connectivity index (χ2n) is 6.74. The summed E-state index contributed by atoms with van der Waals surface area (Å²) in [6.45, 7) is 4.22. The van der Waals surface area contributed by atoms with Gasteiger partial charge in [-0.3, -0.25) is 9.88 Å². The Morgan fingerprint density at radius 2 is 1.96 bits per heavy atom. The molecule has 0 bridgehead atoms. The molecule has 1 unspecified atom stereocenters. The molecular weight excluding hydrogens is 334 g/mol. The van der Waals surface area contributed by atoms with Crippen molar-refractivity contribution in [3.05, 3.63) is 71.8 Å². The van der Waals surface area contributed by atoms with Crippen molar-refractivity contribution in [2.45, 2.75) is 25.9 Å². The van der Waals surface area contributed by atoms with Gasteiger partial charge in [-0.25, -0.2) is 13.8 Å². The van der Waals surface area contributed by atoms with Crippen LogP contribution in [-0.2, 0) is 6.54 Å². The summed E-state index contributed by atoms with van der Waals surface area (Å²) in [5.41, 5.74) is 2.68. The number of imidazole rings is 1. The van der Waals surface area contributed by atoms with E-state index in [2.05, 4.69) is 26.4 Å². The molecule has 0 aliphatic carbocycles. The number of benzene rings is 1. The van der Waals surface area contributed by atoms with E-state index in [0.717, 1.165) is 42.7 Å². The van der Waals surface area contributed by atoms with Crippen LogP contribution in [0.3, 0.4) is 0 Å². The Labute approximate surface area is 151 Å². The summed E-state index contributed by atoms with van der Waals surface area (Å²) in [7, 11) is 0. The summed E-state index contributed by atoms with van der Waals surface area (Å²) >= 11 is 0. The molecule has 2 aromatic heterocycles. The van der Waals surface area contributed by atoms with Crippen LogP contribution in [0.15, 0.2) is 48.9 Å². The van der Waals surface area contributed by atoms with Crippen molar-refractivity contribution in [3.63, 3.8) is 0 Å². The van der Waals surface area contributed by atoms with Crippen LogP contribution in [0, 0.1) is 18.6 Å². The molecule has 0 saturated carbocycles. The smallest absolute Gasteiger partial charge is 0.140 e. The molecule has 4 rings (SSSR count). The summed E-state index contributed by atoms with van der Waals surface area (Å²) < 4.78 is 29.3. The van der Waals surface area contributed by atoms with Crippen LogP contribution >= 0.6 is 0 Å². The topological polar surface area (TPSA) is 34.0 Å². The minimum atomic E-state index is -0.540. The average Bonchev–Trinajstić information content (AvgIpc) is 3.24. The normalized spacial score (nSPS) is 17.7. The molecule has 3 heterocycles. The first-order chi connectivity index (χ1) is 12.6. The first-order valence-electron chi connectivity index (χ1n) is 8.72. The quantitative estimate of drug-likeness (QED) is 0.711. The van der Waals surface area contributed by atoms with Gasteiger partial charge in [-0.15, -0.1) is 0 Å². The highest BCUT2D eigenvalue weighted by Crippen LogP contribution is 2.30. The van der Waals surface area contributed by atoms with Crippen molar-refractivity contribution in [2.24, 2.45) is 0 Å². The Balaban J connectivity index is 1.54. The van der Waals surface area contributed by atoms with Crippen molar-refractivity contribution < 1.29 is 8.78 Å². The lowest BCUT2D eigenvalue weighted by molar-refractivity contribution is 0.310. The molecule has 0 amide bonds. The van der Waals surface area contributed by atoms with Crippen molar-refractivity contribution in [1.29, 1.82) is 0 Å². The minimum absolute atomic E-state index is 0.282. The number of pyridine rings is 1. The largest absolute Gasteiger partial charge is 0.324 e. The molecule has 0 radical (unpaired) electrons. The number of aromatic nitrogens is 3. The number of aryl methyl sites for hydroxylation is 1. The molecule has 1 saturated heterocycles. The third kappa shape index (κ3) is 3.24. The fraction of sp³-hybridized carbons (Fsp3) is 0.300. The number of hydrogen-bond donors (Lipinski definition) is 0. The van der Waals surface area contributed by atoms with Crippen LogP contribution in [0.25, 0.3) is 11.4 Å². The van der Waals surface area contributed by atoms with Gasteiger partial charge in [0.05, 0.1) is 0 Å². The van der Waals surface area contributed by atoms with Gasteiger partial charge in [0.1, 0.15) is 17.5 Å². The summed E-state index contributed by atoms with van der Waals surface area (Å²) in [6.07, 6.45) is 6.39. The molecule has 1 aliphatic rings. The number of halogens is 2. The van der Waals surface area contributed by atoms with Gasteiger partial charge in [0.15, 0.2) is 0 Å². The molecule has 4 nitrogen and oxygen atoms in total. The first-order valence-corrected chi connectivity index (χ1v) is 8.72. The van der Waals surface area contributed by atoms with E-state index in [0.29, 0.717) is 12.1 Å². The zero-order valence-corrected chi connectivity index (χ0v) is 14.6. The SMILES string of the molecule is Cc1cnc(-c2ccncc2)n1C1CCN(Cc2ccc(F)cc2F)C1. The maximum atomic E-state index is 13.9. The van der Waals surface area contributed by atoms with Crippen LogP contribution in [0.2, 0.25) is 0 Å². The van der Waals surface area contributed by atoms with Gasteiger partial charge < -0.3 is 4.57 Å². The second-order valence-corrected chi connectivity index (χ2v) is 6.74. The molecule has 134 valence electrons. The minimum Gasteiger partial charge on any atom is -0.324 e. The fourth-order valence-electron chi connectivity index (χ4n) is 3.68. The number of rotatable bonds is 4. The van der Waals surface area contributed by atoms with Gasteiger partial charge in [-0.1, -0.05) is 6.07 Å². The highest BCUT2D eigenvalue weighted by Gasteiger charge is 2.27. The predicted octanol–water partition coefficient (Wildman–Crippen LogP) is 3.98. The summed E-state index contributed by atoms with van der Waals surface area (Å²) in [5, 5.41) is 0. The van der Waals surface area contributed by atoms with Gasteiger partial charge in [0, 0.05) is 67.2 Å². The summed E-state index contributed by atoms with van der Waals surface area (Å²) in [4.78, 5) is 10.9. The van der Waals surface area contributed by atoms with Crippen LogP contribution in [0.5, 0.6) is 0 Å². The standard InChI is InChI=1S/C20H20F2N4/c1-14-11-24-20(15-4-7-23-8-5-15)26(14)18-6-9-25(13-18)12-16-2-3-17(21)10-19(16)22/h2-5,7-8,10-11,18H,6,9,12-13H2,1H3. The Kier molecular flexibility index (Phi) is 4.51. The lowest BCUT2D eigenvalue weighted by Gasteiger charge is -2.20. The van der Waals surface area contributed by atoms with Gasteiger partial charge in [0.25, 0.3) is 0 Å². The van der Waals surface area contributed by atoms with Gasteiger partial charge in [0.2, 0.25) is 0 Å². The third-order valence-electron chi connectivity index (χ3n) is 4.94. The zero-order valence-electron chi connectivity index (χ0n) is 14.6. The maximum Gasteiger partial charge on any atom is 0.140 e. The fourth-order valence-corrected chi connectivity index (χ4v) is 3.68. The van der Waals surface area contributed by atoms with E-state index >= 15 is 0 Å². The van der Waals surface area contributed by atoms with E-state index in [-0.39, 0.29) is 6.04 Å². The Bertz CT molecular complexity index is 907. The molecule has 26 heavy (non-hydrogen) atoms. The maximum absolute atomic E-state index is 13.9. The Hall–Kier alpha value is -2.60. The third-order valence-corrected chi connectivity index (χ3v) is 4.94.